The average molecular weight is 414 g/mol. The second kappa shape index (κ2) is 11.8. The molecule has 0 aliphatic carbocycles. The highest BCUT2D eigenvalue weighted by molar-refractivity contribution is 5.68. The van der Waals surface area contributed by atoms with Gasteiger partial charge in [0.1, 0.15) is 30.2 Å². The van der Waals surface area contributed by atoms with E-state index in [0.29, 0.717) is 13.0 Å². The molecule has 2 unspecified atom stereocenters. The normalized spacial score (nSPS) is 28.8. The molecule has 168 valence electrons. The SMILES string of the molecule is C.CC(C)(C)OC(=O)N1CCOCC(O)(CF)C1.OC1(CF)CCCCOC1. The van der Waals surface area contributed by atoms with E-state index in [4.69, 9.17) is 14.2 Å². The predicted molar refractivity (Wildman–Crippen MR) is 102 cm³/mol. The van der Waals surface area contributed by atoms with Crippen molar-refractivity contribution in [2.75, 3.05) is 52.9 Å². The summed E-state index contributed by atoms with van der Waals surface area (Å²) in [6, 6.07) is 0. The first-order chi connectivity index (χ1) is 12.5. The average Bonchev–Trinajstić information content (AvgIpc) is 2.93. The van der Waals surface area contributed by atoms with Gasteiger partial charge in [-0.2, -0.15) is 0 Å². The zero-order valence-electron chi connectivity index (χ0n) is 16.5. The largest absolute Gasteiger partial charge is 0.444 e. The fourth-order valence-corrected chi connectivity index (χ4v) is 2.58. The molecule has 2 heterocycles. The van der Waals surface area contributed by atoms with Crippen LogP contribution >= 0.6 is 0 Å². The first kappa shape index (κ1) is 27.0. The molecule has 2 N–H and O–H groups in total. The van der Waals surface area contributed by atoms with Crippen molar-refractivity contribution in [3.05, 3.63) is 0 Å². The van der Waals surface area contributed by atoms with Crippen LogP contribution in [0.5, 0.6) is 0 Å². The van der Waals surface area contributed by atoms with Gasteiger partial charge >= 0.3 is 6.09 Å². The van der Waals surface area contributed by atoms with Crippen LogP contribution in [0.1, 0.15) is 47.5 Å². The zero-order valence-corrected chi connectivity index (χ0v) is 16.5. The fraction of sp³-hybridized carbons (Fsp3) is 0.947. The number of β-amino-alcohol motifs (C(OH)–C–C–N with tert-alkyl or cyclic N) is 1. The summed E-state index contributed by atoms with van der Waals surface area (Å²) in [7, 11) is 0. The summed E-state index contributed by atoms with van der Waals surface area (Å²) in [5.74, 6) is 0. The number of ether oxygens (including phenoxy) is 3. The molecule has 0 aromatic rings. The van der Waals surface area contributed by atoms with Gasteiger partial charge in [0, 0.05) is 13.2 Å². The van der Waals surface area contributed by atoms with Crippen LogP contribution in [0, 0.1) is 0 Å². The molecule has 2 fully saturated rings. The first-order valence-corrected chi connectivity index (χ1v) is 9.23. The Labute approximate surface area is 166 Å². The summed E-state index contributed by atoms with van der Waals surface area (Å²) in [6.45, 7) is 4.76. The summed E-state index contributed by atoms with van der Waals surface area (Å²) in [5, 5.41) is 19.2. The topological polar surface area (TPSA) is 88.5 Å². The number of hydrogen-bond acceptors (Lipinski definition) is 6. The Hall–Kier alpha value is -1.03. The van der Waals surface area contributed by atoms with Gasteiger partial charge in [0.15, 0.2) is 0 Å². The molecule has 2 aliphatic heterocycles. The molecule has 1 amide bonds. The van der Waals surface area contributed by atoms with Crippen molar-refractivity contribution < 1.29 is 38.0 Å². The number of nitrogens with zero attached hydrogens (tertiary/aromatic N) is 1. The predicted octanol–water partition coefficient (Wildman–Crippen LogP) is 2.48. The highest BCUT2D eigenvalue weighted by Gasteiger charge is 2.36. The Balaban J connectivity index is 0.000000567. The quantitative estimate of drug-likeness (QED) is 0.723. The molecule has 0 spiro atoms. The van der Waals surface area contributed by atoms with E-state index < -0.39 is 36.2 Å². The van der Waals surface area contributed by atoms with Crippen molar-refractivity contribution in [2.45, 2.75) is 64.3 Å². The maximum absolute atomic E-state index is 12.7. The third-order valence-corrected chi connectivity index (χ3v) is 4.06. The van der Waals surface area contributed by atoms with Gasteiger partial charge in [-0.15, -0.1) is 0 Å². The zero-order chi connectivity index (χ0) is 20.6. The van der Waals surface area contributed by atoms with Crippen LogP contribution in [0.15, 0.2) is 0 Å². The second-order valence-corrected chi connectivity index (χ2v) is 8.18. The lowest BCUT2D eigenvalue weighted by Crippen LogP contribution is -2.49. The minimum atomic E-state index is -1.63. The van der Waals surface area contributed by atoms with Gasteiger partial charge in [-0.3, -0.25) is 0 Å². The van der Waals surface area contributed by atoms with E-state index in [-0.39, 0.29) is 40.3 Å². The Morgan fingerprint density at radius 1 is 1.07 bits per heavy atom. The van der Waals surface area contributed by atoms with Crippen LogP contribution in [0.3, 0.4) is 0 Å². The molecule has 9 heteroatoms. The Morgan fingerprint density at radius 2 is 1.64 bits per heavy atom. The third-order valence-electron chi connectivity index (χ3n) is 4.06. The van der Waals surface area contributed by atoms with Gasteiger partial charge in [-0.1, -0.05) is 7.43 Å². The Bertz CT molecular complexity index is 452. The van der Waals surface area contributed by atoms with E-state index in [1.54, 1.807) is 20.8 Å². The van der Waals surface area contributed by atoms with Crippen molar-refractivity contribution in [1.82, 2.24) is 4.90 Å². The molecule has 2 aliphatic rings. The molecule has 0 aromatic heterocycles. The van der Waals surface area contributed by atoms with Crippen LogP contribution < -0.4 is 0 Å². The van der Waals surface area contributed by atoms with Crippen LogP contribution in [0.25, 0.3) is 0 Å². The number of carbonyl (C=O) groups excluding carboxylic acids is 1. The Morgan fingerprint density at radius 3 is 2.21 bits per heavy atom. The standard InChI is InChI=1S/C11H20FNO4.C7H13FO2.CH4/c1-10(2,3)17-9(14)13-4-5-16-8-11(15,6-12)7-13;8-5-7(9)3-1-2-4-10-6-7;/h15H,4-8H2,1-3H3;9H,1-6H2;1H4. The highest BCUT2D eigenvalue weighted by atomic mass is 19.1. The molecule has 2 rings (SSSR count). The molecule has 0 aromatic carbocycles. The summed E-state index contributed by atoms with van der Waals surface area (Å²) < 4.78 is 40.1. The molecule has 7 nitrogen and oxygen atoms in total. The lowest BCUT2D eigenvalue weighted by molar-refractivity contribution is -0.0536. The van der Waals surface area contributed by atoms with Crippen molar-refractivity contribution in [3.63, 3.8) is 0 Å². The lowest BCUT2D eigenvalue weighted by Gasteiger charge is -2.30. The van der Waals surface area contributed by atoms with Crippen molar-refractivity contribution in [1.29, 1.82) is 0 Å². The summed E-state index contributed by atoms with van der Waals surface area (Å²) in [5.41, 5.74) is -3.43. The first-order valence-electron chi connectivity index (χ1n) is 9.23. The van der Waals surface area contributed by atoms with Crippen molar-refractivity contribution in [2.24, 2.45) is 0 Å². The van der Waals surface area contributed by atoms with E-state index in [9.17, 15) is 23.8 Å². The van der Waals surface area contributed by atoms with E-state index >= 15 is 0 Å². The molecular formula is C19H37F2NO6. The monoisotopic (exact) mass is 413 g/mol. The minimum Gasteiger partial charge on any atom is -0.444 e. The summed E-state index contributed by atoms with van der Waals surface area (Å²) >= 11 is 0. The molecule has 0 saturated carbocycles. The molecule has 28 heavy (non-hydrogen) atoms. The molecule has 0 bridgehead atoms. The summed E-state index contributed by atoms with van der Waals surface area (Å²) in [6.07, 6.45) is 1.77. The lowest BCUT2D eigenvalue weighted by atomic mass is 10.0. The van der Waals surface area contributed by atoms with Crippen LogP contribution in [0.4, 0.5) is 13.6 Å². The molecule has 0 radical (unpaired) electrons. The Kier molecular flexibility index (Phi) is 11.4. The minimum absolute atomic E-state index is 0. The van der Waals surface area contributed by atoms with Gasteiger partial charge in [0.05, 0.1) is 26.4 Å². The molecule has 2 atom stereocenters. The maximum atomic E-state index is 12.7. The van der Waals surface area contributed by atoms with E-state index in [1.807, 2.05) is 0 Å². The van der Waals surface area contributed by atoms with Gasteiger partial charge in [-0.05, 0) is 40.0 Å². The van der Waals surface area contributed by atoms with Crippen LogP contribution in [-0.2, 0) is 14.2 Å². The van der Waals surface area contributed by atoms with Gasteiger partial charge in [-0.25, -0.2) is 13.6 Å². The van der Waals surface area contributed by atoms with Crippen LogP contribution in [-0.4, -0.2) is 90.9 Å². The second-order valence-electron chi connectivity index (χ2n) is 8.18. The van der Waals surface area contributed by atoms with Gasteiger partial charge in [0.2, 0.25) is 0 Å². The smallest absolute Gasteiger partial charge is 0.410 e. The van der Waals surface area contributed by atoms with Gasteiger partial charge < -0.3 is 29.3 Å². The number of halogens is 2. The van der Waals surface area contributed by atoms with Crippen LogP contribution in [0.2, 0.25) is 0 Å². The van der Waals surface area contributed by atoms with E-state index in [1.165, 1.54) is 4.90 Å². The fourth-order valence-electron chi connectivity index (χ4n) is 2.58. The molecular weight excluding hydrogens is 376 g/mol. The van der Waals surface area contributed by atoms with Crippen molar-refractivity contribution >= 4 is 6.09 Å². The number of aliphatic hydroxyl groups is 2. The maximum Gasteiger partial charge on any atom is 0.410 e. The van der Waals surface area contributed by atoms with E-state index in [2.05, 4.69) is 0 Å². The summed E-state index contributed by atoms with van der Waals surface area (Å²) in [4.78, 5) is 13.1. The molecule has 2 saturated heterocycles. The number of amides is 1. The van der Waals surface area contributed by atoms with Crippen molar-refractivity contribution in [3.8, 4) is 0 Å². The third kappa shape index (κ3) is 9.95. The number of carbonyl (C=O) groups is 1. The number of rotatable bonds is 2. The van der Waals surface area contributed by atoms with Gasteiger partial charge in [0.25, 0.3) is 0 Å². The highest BCUT2D eigenvalue weighted by Crippen LogP contribution is 2.19. The number of alkyl halides is 2. The van der Waals surface area contributed by atoms with E-state index in [0.717, 1.165) is 12.8 Å². The number of hydrogen-bond donors (Lipinski definition) is 2.